The van der Waals surface area contributed by atoms with Crippen LogP contribution in [0.25, 0.3) is 0 Å². The second-order valence-corrected chi connectivity index (χ2v) is 4.41. The van der Waals surface area contributed by atoms with E-state index in [2.05, 4.69) is 0 Å². The molecular weight excluding hydrogens is 225 g/mol. The van der Waals surface area contributed by atoms with Crippen molar-refractivity contribution < 1.29 is 14.1 Å². The highest BCUT2D eigenvalue weighted by atomic mass is 19.1. The topological polar surface area (TPSA) is 52.4 Å². The van der Waals surface area contributed by atoms with Crippen LogP contribution in [0.1, 0.15) is 32.8 Å². The van der Waals surface area contributed by atoms with Crippen LogP contribution in [0.4, 0.5) is 10.1 Å². The van der Waals surface area contributed by atoms with Gasteiger partial charge in [-0.3, -0.25) is 10.1 Å². The van der Waals surface area contributed by atoms with E-state index < -0.39 is 16.4 Å². The molecule has 0 aliphatic heterocycles. The molecule has 0 spiro atoms. The predicted octanol–water partition coefficient (Wildman–Crippen LogP) is 3.44. The van der Waals surface area contributed by atoms with Gasteiger partial charge >= 0.3 is 5.69 Å². The first-order chi connectivity index (χ1) is 7.87. The molecule has 0 atom stereocenters. The van der Waals surface area contributed by atoms with Gasteiger partial charge in [-0.05, 0) is 20.3 Å². The van der Waals surface area contributed by atoms with Crippen molar-refractivity contribution in [2.45, 2.75) is 39.4 Å². The van der Waals surface area contributed by atoms with Crippen molar-refractivity contribution in [1.29, 1.82) is 0 Å². The maximum atomic E-state index is 13.7. The molecular formula is C12H16FNO3. The van der Waals surface area contributed by atoms with Crippen LogP contribution in [0.2, 0.25) is 0 Å². The van der Waals surface area contributed by atoms with Gasteiger partial charge in [-0.2, -0.15) is 4.39 Å². The van der Waals surface area contributed by atoms with Crippen LogP contribution in [0.3, 0.4) is 0 Å². The second-order valence-electron chi connectivity index (χ2n) is 4.41. The lowest BCUT2D eigenvalue weighted by Crippen LogP contribution is -2.23. The zero-order chi connectivity index (χ0) is 13.1. The van der Waals surface area contributed by atoms with E-state index in [-0.39, 0.29) is 17.8 Å². The van der Waals surface area contributed by atoms with Gasteiger partial charge in [0, 0.05) is 11.6 Å². The smallest absolute Gasteiger partial charge is 0.305 e. The summed E-state index contributed by atoms with van der Waals surface area (Å²) in [4.78, 5) is 9.82. The Morgan fingerprint density at radius 2 is 2.12 bits per heavy atom. The van der Waals surface area contributed by atoms with Crippen LogP contribution in [-0.4, -0.2) is 10.5 Å². The van der Waals surface area contributed by atoms with Crippen molar-refractivity contribution in [1.82, 2.24) is 0 Å². The predicted molar refractivity (Wildman–Crippen MR) is 62.2 cm³/mol. The van der Waals surface area contributed by atoms with E-state index in [1.165, 1.54) is 12.1 Å². The molecule has 0 N–H and O–H groups in total. The zero-order valence-electron chi connectivity index (χ0n) is 10.2. The molecule has 4 nitrogen and oxygen atoms in total. The van der Waals surface area contributed by atoms with Gasteiger partial charge in [0.15, 0.2) is 0 Å². The highest BCUT2D eigenvalue weighted by Gasteiger charge is 2.20. The molecule has 0 saturated heterocycles. The third-order valence-electron chi connectivity index (χ3n) is 2.72. The summed E-state index contributed by atoms with van der Waals surface area (Å²) in [7, 11) is 0. The Balaban J connectivity index is 2.86. The Hall–Kier alpha value is -1.49. The lowest BCUT2D eigenvalue weighted by atomic mass is 10.1. The summed E-state index contributed by atoms with van der Waals surface area (Å²) < 4.78 is 19.2. The highest BCUT2D eigenvalue weighted by molar-refractivity contribution is 5.36. The third kappa shape index (κ3) is 3.49. The van der Waals surface area contributed by atoms with Gasteiger partial charge in [-0.1, -0.05) is 19.1 Å². The lowest BCUT2D eigenvalue weighted by molar-refractivity contribution is -0.387. The number of nitro benzene ring substituents is 1. The van der Waals surface area contributed by atoms with Crippen LogP contribution in [0, 0.1) is 15.9 Å². The molecule has 0 aliphatic rings. The van der Waals surface area contributed by atoms with E-state index >= 15 is 0 Å². The van der Waals surface area contributed by atoms with Crippen molar-refractivity contribution in [3.8, 4) is 0 Å². The maximum absolute atomic E-state index is 13.7. The van der Waals surface area contributed by atoms with Gasteiger partial charge in [0.1, 0.15) is 0 Å². The van der Waals surface area contributed by atoms with Crippen LogP contribution in [0.15, 0.2) is 18.2 Å². The Labute approximate surface area is 99.6 Å². The molecule has 0 aliphatic carbocycles. The van der Waals surface area contributed by atoms with Crippen molar-refractivity contribution >= 4 is 5.69 Å². The van der Waals surface area contributed by atoms with E-state index in [1.54, 1.807) is 0 Å². The Morgan fingerprint density at radius 1 is 1.47 bits per heavy atom. The van der Waals surface area contributed by atoms with Gasteiger partial charge in [0.2, 0.25) is 5.82 Å². The van der Waals surface area contributed by atoms with E-state index in [9.17, 15) is 14.5 Å². The molecule has 0 saturated carbocycles. The Kier molecular flexibility index (Phi) is 4.17. The minimum absolute atomic E-state index is 0.0361. The largest absolute Gasteiger partial charge is 0.371 e. The zero-order valence-corrected chi connectivity index (χ0v) is 10.2. The van der Waals surface area contributed by atoms with Crippen LogP contribution in [0.5, 0.6) is 0 Å². The monoisotopic (exact) mass is 241 g/mol. The SMILES string of the molecule is CCC(C)(C)OCc1cccc([N+](=O)[O-])c1F. The normalized spacial score (nSPS) is 11.5. The number of hydrogen-bond acceptors (Lipinski definition) is 3. The molecule has 0 bridgehead atoms. The molecule has 0 heterocycles. The quantitative estimate of drug-likeness (QED) is 0.586. The van der Waals surface area contributed by atoms with Gasteiger partial charge in [0.25, 0.3) is 0 Å². The number of benzene rings is 1. The summed E-state index contributed by atoms with van der Waals surface area (Å²) >= 11 is 0. The summed E-state index contributed by atoms with van der Waals surface area (Å²) in [6.45, 7) is 5.78. The van der Waals surface area contributed by atoms with Crippen LogP contribution >= 0.6 is 0 Å². The number of ether oxygens (including phenoxy) is 1. The Bertz CT molecular complexity index is 418. The molecule has 1 aromatic rings. The summed E-state index contributed by atoms with van der Waals surface area (Å²) in [5, 5.41) is 10.6. The van der Waals surface area contributed by atoms with E-state index in [0.717, 1.165) is 12.5 Å². The first-order valence-corrected chi connectivity index (χ1v) is 5.43. The summed E-state index contributed by atoms with van der Waals surface area (Å²) in [5.41, 5.74) is -0.669. The van der Waals surface area contributed by atoms with Gasteiger partial charge < -0.3 is 4.74 Å². The fraction of sp³-hybridized carbons (Fsp3) is 0.500. The number of rotatable bonds is 5. The van der Waals surface area contributed by atoms with Crippen molar-refractivity contribution in [3.05, 3.63) is 39.7 Å². The molecule has 94 valence electrons. The van der Waals surface area contributed by atoms with Gasteiger partial charge in [0.05, 0.1) is 17.1 Å². The fourth-order valence-electron chi connectivity index (χ4n) is 1.19. The minimum atomic E-state index is -0.815. The molecule has 17 heavy (non-hydrogen) atoms. The summed E-state index contributed by atoms with van der Waals surface area (Å²) in [5.74, 6) is -0.815. The van der Waals surface area contributed by atoms with Gasteiger partial charge in [-0.25, -0.2) is 0 Å². The molecule has 0 radical (unpaired) electrons. The highest BCUT2D eigenvalue weighted by Crippen LogP contribution is 2.23. The van der Waals surface area contributed by atoms with E-state index in [0.29, 0.717) is 0 Å². The summed E-state index contributed by atoms with van der Waals surface area (Å²) in [6.07, 6.45) is 0.781. The summed E-state index contributed by atoms with van der Waals surface area (Å²) in [6, 6.07) is 4.09. The van der Waals surface area contributed by atoms with Crippen molar-refractivity contribution in [2.24, 2.45) is 0 Å². The second kappa shape index (κ2) is 5.23. The average Bonchev–Trinajstić information content (AvgIpc) is 2.27. The minimum Gasteiger partial charge on any atom is -0.371 e. The first kappa shape index (κ1) is 13.6. The average molecular weight is 241 g/mol. The van der Waals surface area contributed by atoms with Crippen LogP contribution < -0.4 is 0 Å². The number of nitro groups is 1. The number of hydrogen-bond donors (Lipinski definition) is 0. The van der Waals surface area contributed by atoms with Gasteiger partial charge in [-0.15, -0.1) is 0 Å². The third-order valence-corrected chi connectivity index (χ3v) is 2.72. The molecule has 5 heteroatoms. The fourth-order valence-corrected chi connectivity index (χ4v) is 1.19. The van der Waals surface area contributed by atoms with Crippen molar-refractivity contribution in [2.75, 3.05) is 0 Å². The lowest BCUT2D eigenvalue weighted by Gasteiger charge is -2.23. The molecule has 0 aromatic heterocycles. The molecule has 0 amide bonds. The molecule has 1 rings (SSSR count). The standard InChI is InChI=1S/C12H16FNO3/c1-4-12(2,3)17-8-9-6-5-7-10(11(9)13)14(15)16/h5-7H,4,8H2,1-3H3. The molecule has 1 aromatic carbocycles. The van der Waals surface area contributed by atoms with Crippen LogP contribution in [-0.2, 0) is 11.3 Å². The van der Waals surface area contributed by atoms with Crippen molar-refractivity contribution in [3.63, 3.8) is 0 Å². The maximum Gasteiger partial charge on any atom is 0.305 e. The first-order valence-electron chi connectivity index (χ1n) is 5.43. The molecule has 0 fully saturated rings. The number of halogens is 1. The van der Waals surface area contributed by atoms with E-state index in [1.807, 2.05) is 20.8 Å². The number of nitrogens with zero attached hydrogens (tertiary/aromatic N) is 1. The Morgan fingerprint density at radius 3 is 2.65 bits per heavy atom. The van der Waals surface area contributed by atoms with E-state index in [4.69, 9.17) is 4.74 Å². The molecule has 0 unspecified atom stereocenters.